The molecule has 90 valence electrons. The Balaban J connectivity index is 2.01. The van der Waals surface area contributed by atoms with Crippen LogP contribution in [0.1, 0.15) is 11.3 Å². The van der Waals surface area contributed by atoms with Crippen molar-refractivity contribution in [3.05, 3.63) is 54.2 Å². The number of aliphatic hydroxyl groups is 1. The Hall–Kier alpha value is -2.27. The standard InChI is InChI=1S/C13H12N4O/c18-8-10-1-2-11-6-16-17(13(11)5-10)7-12-3-4-14-9-15-12/h1-6,9,18H,7-8H2. The van der Waals surface area contributed by atoms with E-state index in [1.54, 1.807) is 6.20 Å². The monoisotopic (exact) mass is 240 g/mol. The van der Waals surface area contributed by atoms with Crippen LogP contribution >= 0.6 is 0 Å². The average Bonchev–Trinajstić information content (AvgIpc) is 2.82. The van der Waals surface area contributed by atoms with Crippen LogP contribution in [-0.4, -0.2) is 24.9 Å². The van der Waals surface area contributed by atoms with Gasteiger partial charge in [0.15, 0.2) is 0 Å². The number of nitrogens with zero attached hydrogens (tertiary/aromatic N) is 4. The van der Waals surface area contributed by atoms with Gasteiger partial charge in [0.1, 0.15) is 6.33 Å². The Labute approximate surface area is 104 Å². The van der Waals surface area contributed by atoms with Gasteiger partial charge < -0.3 is 5.11 Å². The van der Waals surface area contributed by atoms with Gasteiger partial charge in [0.25, 0.3) is 0 Å². The molecule has 3 rings (SSSR count). The maximum Gasteiger partial charge on any atom is 0.115 e. The minimum absolute atomic E-state index is 0.0363. The lowest BCUT2D eigenvalue weighted by atomic mass is 10.2. The van der Waals surface area contributed by atoms with E-state index in [-0.39, 0.29) is 6.61 Å². The van der Waals surface area contributed by atoms with Crippen LogP contribution in [0.4, 0.5) is 0 Å². The molecule has 0 spiro atoms. The topological polar surface area (TPSA) is 63.8 Å². The van der Waals surface area contributed by atoms with Crippen LogP contribution in [0.3, 0.4) is 0 Å². The smallest absolute Gasteiger partial charge is 0.115 e. The number of fused-ring (bicyclic) bond motifs is 1. The highest BCUT2D eigenvalue weighted by atomic mass is 16.3. The number of benzene rings is 1. The molecule has 0 atom stereocenters. The normalized spacial score (nSPS) is 10.9. The molecule has 1 aromatic carbocycles. The third-order valence-electron chi connectivity index (χ3n) is 2.85. The second-order valence-corrected chi connectivity index (χ2v) is 4.05. The number of aromatic nitrogens is 4. The maximum atomic E-state index is 9.16. The third-order valence-corrected chi connectivity index (χ3v) is 2.85. The van der Waals surface area contributed by atoms with Crippen molar-refractivity contribution in [3.63, 3.8) is 0 Å². The molecule has 0 amide bonds. The third kappa shape index (κ3) is 1.96. The highest BCUT2D eigenvalue weighted by Gasteiger charge is 2.04. The highest BCUT2D eigenvalue weighted by molar-refractivity contribution is 5.79. The number of hydrogen-bond acceptors (Lipinski definition) is 4. The average molecular weight is 240 g/mol. The molecule has 3 aromatic rings. The second-order valence-electron chi connectivity index (χ2n) is 4.05. The SMILES string of the molecule is OCc1ccc2cnn(Cc3ccncn3)c2c1. The summed E-state index contributed by atoms with van der Waals surface area (Å²) in [6.07, 6.45) is 5.06. The second kappa shape index (κ2) is 4.54. The van der Waals surface area contributed by atoms with Crippen LogP contribution in [0.2, 0.25) is 0 Å². The van der Waals surface area contributed by atoms with Gasteiger partial charge in [-0.3, -0.25) is 4.68 Å². The van der Waals surface area contributed by atoms with Crippen LogP contribution in [0.25, 0.3) is 10.9 Å². The Morgan fingerprint density at radius 1 is 1.22 bits per heavy atom. The van der Waals surface area contributed by atoms with Crippen molar-refractivity contribution in [3.8, 4) is 0 Å². The molecule has 5 nitrogen and oxygen atoms in total. The molecule has 18 heavy (non-hydrogen) atoms. The summed E-state index contributed by atoms with van der Waals surface area (Å²) >= 11 is 0. The molecule has 0 saturated carbocycles. The number of aliphatic hydroxyl groups excluding tert-OH is 1. The van der Waals surface area contributed by atoms with Gasteiger partial charge in [0, 0.05) is 11.6 Å². The predicted molar refractivity (Wildman–Crippen MR) is 66.8 cm³/mol. The van der Waals surface area contributed by atoms with E-state index in [1.807, 2.05) is 35.1 Å². The van der Waals surface area contributed by atoms with Crippen LogP contribution in [0.5, 0.6) is 0 Å². The van der Waals surface area contributed by atoms with Crippen molar-refractivity contribution in [2.75, 3.05) is 0 Å². The van der Waals surface area contributed by atoms with Crippen LogP contribution in [-0.2, 0) is 13.2 Å². The first-order chi connectivity index (χ1) is 8.86. The molecule has 0 unspecified atom stereocenters. The van der Waals surface area contributed by atoms with Crippen molar-refractivity contribution < 1.29 is 5.11 Å². The van der Waals surface area contributed by atoms with Gasteiger partial charge in [-0.05, 0) is 17.7 Å². The van der Waals surface area contributed by atoms with Gasteiger partial charge >= 0.3 is 0 Å². The quantitative estimate of drug-likeness (QED) is 0.751. The van der Waals surface area contributed by atoms with Gasteiger partial charge in [0.2, 0.25) is 0 Å². The van der Waals surface area contributed by atoms with Crippen molar-refractivity contribution in [2.24, 2.45) is 0 Å². The van der Waals surface area contributed by atoms with E-state index < -0.39 is 0 Å². The Morgan fingerprint density at radius 2 is 2.17 bits per heavy atom. The predicted octanol–water partition coefficient (Wildman–Crippen LogP) is 1.37. The number of hydrogen-bond donors (Lipinski definition) is 1. The Bertz CT molecular complexity index is 663. The van der Waals surface area contributed by atoms with E-state index in [9.17, 15) is 0 Å². The fourth-order valence-corrected chi connectivity index (χ4v) is 1.91. The molecule has 5 heteroatoms. The molecule has 0 aliphatic rings. The molecule has 2 heterocycles. The molecule has 0 saturated heterocycles. The summed E-state index contributed by atoms with van der Waals surface area (Å²) in [5, 5.41) is 14.6. The van der Waals surface area contributed by atoms with Crippen LogP contribution in [0, 0.1) is 0 Å². The maximum absolute atomic E-state index is 9.16. The summed E-state index contributed by atoms with van der Waals surface area (Å²) in [5.74, 6) is 0. The summed E-state index contributed by atoms with van der Waals surface area (Å²) in [6, 6.07) is 7.68. The van der Waals surface area contributed by atoms with E-state index in [1.165, 1.54) is 6.33 Å². The molecule has 0 radical (unpaired) electrons. The van der Waals surface area contributed by atoms with Gasteiger partial charge in [-0.25, -0.2) is 9.97 Å². The molecule has 1 N–H and O–H groups in total. The lowest BCUT2D eigenvalue weighted by Gasteiger charge is -2.03. The number of rotatable bonds is 3. The first-order valence-corrected chi connectivity index (χ1v) is 5.67. The largest absolute Gasteiger partial charge is 0.392 e. The minimum atomic E-state index is 0.0363. The van der Waals surface area contributed by atoms with Crippen molar-refractivity contribution in [1.82, 2.24) is 19.7 Å². The molecule has 0 aliphatic carbocycles. The molecule has 0 fully saturated rings. The first kappa shape index (κ1) is 10.9. The lowest BCUT2D eigenvalue weighted by Crippen LogP contribution is -2.03. The summed E-state index contributed by atoms with van der Waals surface area (Å²) in [5.41, 5.74) is 2.79. The first-order valence-electron chi connectivity index (χ1n) is 5.67. The van der Waals surface area contributed by atoms with Gasteiger partial charge in [-0.1, -0.05) is 12.1 Å². The van der Waals surface area contributed by atoms with Crippen LogP contribution in [0.15, 0.2) is 43.0 Å². The Kier molecular flexibility index (Phi) is 2.74. The van der Waals surface area contributed by atoms with Crippen LogP contribution < -0.4 is 0 Å². The van der Waals surface area contributed by atoms with Gasteiger partial charge in [-0.15, -0.1) is 0 Å². The van der Waals surface area contributed by atoms with E-state index in [4.69, 9.17) is 5.11 Å². The summed E-state index contributed by atoms with van der Waals surface area (Å²) < 4.78 is 1.87. The molecule has 0 aliphatic heterocycles. The van der Waals surface area contributed by atoms with E-state index in [0.29, 0.717) is 6.54 Å². The van der Waals surface area contributed by atoms with Gasteiger partial charge in [0.05, 0.1) is 30.6 Å². The van der Waals surface area contributed by atoms with E-state index in [2.05, 4.69) is 15.1 Å². The Morgan fingerprint density at radius 3 is 2.94 bits per heavy atom. The summed E-state index contributed by atoms with van der Waals surface area (Å²) in [7, 11) is 0. The van der Waals surface area contributed by atoms with Gasteiger partial charge in [-0.2, -0.15) is 5.10 Å². The van der Waals surface area contributed by atoms with E-state index >= 15 is 0 Å². The fraction of sp³-hybridized carbons (Fsp3) is 0.154. The van der Waals surface area contributed by atoms with Crippen molar-refractivity contribution in [1.29, 1.82) is 0 Å². The minimum Gasteiger partial charge on any atom is -0.392 e. The van der Waals surface area contributed by atoms with E-state index in [0.717, 1.165) is 22.2 Å². The highest BCUT2D eigenvalue weighted by Crippen LogP contribution is 2.16. The zero-order valence-corrected chi connectivity index (χ0v) is 9.69. The molecule has 2 aromatic heterocycles. The molecular weight excluding hydrogens is 228 g/mol. The van der Waals surface area contributed by atoms with Crippen molar-refractivity contribution in [2.45, 2.75) is 13.2 Å². The fourth-order valence-electron chi connectivity index (χ4n) is 1.91. The van der Waals surface area contributed by atoms with Crippen molar-refractivity contribution >= 4 is 10.9 Å². The zero-order chi connectivity index (χ0) is 12.4. The molecular formula is C13H12N4O. The lowest BCUT2D eigenvalue weighted by molar-refractivity contribution is 0.282. The summed E-state index contributed by atoms with van der Waals surface area (Å²) in [6.45, 7) is 0.634. The zero-order valence-electron chi connectivity index (χ0n) is 9.69. The summed E-state index contributed by atoms with van der Waals surface area (Å²) in [4.78, 5) is 8.07. The molecule has 0 bridgehead atoms.